The Morgan fingerprint density at radius 1 is 1.15 bits per heavy atom. The molecule has 1 heterocycles. The molecule has 8 atom stereocenters. The first-order valence-electron chi connectivity index (χ1n) is 9.35. The Bertz CT molecular complexity index is 646. The Balaban J connectivity index is 2.29. The lowest BCUT2D eigenvalue weighted by molar-refractivity contribution is -0.370. The van der Waals surface area contributed by atoms with E-state index in [9.17, 15) is 25.2 Å². The Labute approximate surface area is 154 Å². The Kier molecular flexibility index (Phi) is 4.13. The number of rotatable bonds is 1. The van der Waals surface area contributed by atoms with E-state index in [0.29, 0.717) is 12.8 Å². The van der Waals surface area contributed by atoms with E-state index in [1.807, 2.05) is 13.8 Å². The molecule has 0 spiro atoms. The van der Waals surface area contributed by atoms with Gasteiger partial charge in [-0.25, -0.2) is 0 Å². The number of ether oxygens (including phenoxy) is 1. The highest BCUT2D eigenvalue weighted by molar-refractivity contribution is 5.92. The SMILES string of the molecule is C=C[C@@]1(C)CC(=O)[C@@]2(O)[C@]3(C)[C@H](O)CCC(C)(C)[C@H]3[C@@H](O)[C@@H](O)[C@]2(C)O1. The van der Waals surface area contributed by atoms with Gasteiger partial charge in [-0.3, -0.25) is 4.79 Å². The van der Waals surface area contributed by atoms with Crippen LogP contribution in [0, 0.1) is 16.7 Å². The van der Waals surface area contributed by atoms with Crippen LogP contribution in [-0.2, 0) is 9.53 Å². The fourth-order valence-electron chi connectivity index (χ4n) is 6.32. The molecular formula is C20H32O6. The van der Waals surface area contributed by atoms with Gasteiger partial charge >= 0.3 is 0 Å². The summed E-state index contributed by atoms with van der Waals surface area (Å²) >= 11 is 0. The second-order valence-corrected chi connectivity index (χ2v) is 9.78. The van der Waals surface area contributed by atoms with Gasteiger partial charge < -0.3 is 25.2 Å². The van der Waals surface area contributed by atoms with E-state index in [-0.39, 0.29) is 6.42 Å². The van der Waals surface area contributed by atoms with Gasteiger partial charge in [0.1, 0.15) is 11.7 Å². The van der Waals surface area contributed by atoms with Gasteiger partial charge in [0.2, 0.25) is 0 Å². The minimum Gasteiger partial charge on any atom is -0.392 e. The molecule has 2 aliphatic carbocycles. The molecule has 26 heavy (non-hydrogen) atoms. The van der Waals surface area contributed by atoms with Crippen LogP contribution < -0.4 is 0 Å². The molecule has 1 saturated heterocycles. The summed E-state index contributed by atoms with van der Waals surface area (Å²) in [5.41, 5.74) is -6.82. The average molecular weight is 368 g/mol. The van der Waals surface area contributed by atoms with Crippen LogP contribution in [-0.4, -0.2) is 61.3 Å². The topological polar surface area (TPSA) is 107 Å². The van der Waals surface area contributed by atoms with E-state index in [2.05, 4.69) is 6.58 Å². The maximum absolute atomic E-state index is 13.3. The molecule has 148 valence electrons. The molecule has 0 unspecified atom stereocenters. The van der Waals surface area contributed by atoms with E-state index >= 15 is 0 Å². The number of Topliss-reactive ketones (excluding diaryl/α,β-unsaturated/α-hetero) is 1. The molecule has 3 fully saturated rings. The summed E-state index contributed by atoms with van der Waals surface area (Å²) in [5, 5.41) is 44.9. The van der Waals surface area contributed by atoms with Gasteiger partial charge in [0.05, 0.1) is 17.8 Å². The lowest BCUT2D eigenvalue weighted by atomic mass is 9.40. The van der Waals surface area contributed by atoms with Gasteiger partial charge in [-0.15, -0.1) is 6.58 Å². The number of fused-ring (bicyclic) bond motifs is 3. The van der Waals surface area contributed by atoms with Gasteiger partial charge in [-0.05, 0) is 32.1 Å². The molecule has 0 amide bonds. The van der Waals surface area contributed by atoms with Crippen molar-refractivity contribution in [2.45, 2.75) is 89.0 Å². The van der Waals surface area contributed by atoms with E-state index in [0.717, 1.165) is 0 Å². The molecule has 3 rings (SSSR count). The molecule has 0 aromatic heterocycles. The monoisotopic (exact) mass is 368 g/mol. The van der Waals surface area contributed by atoms with Crippen molar-refractivity contribution in [3.63, 3.8) is 0 Å². The quantitative estimate of drug-likeness (QED) is 0.514. The summed E-state index contributed by atoms with van der Waals surface area (Å²) in [6.45, 7) is 12.3. The van der Waals surface area contributed by atoms with Crippen molar-refractivity contribution in [3.8, 4) is 0 Å². The van der Waals surface area contributed by atoms with Crippen LogP contribution in [0.4, 0.5) is 0 Å². The van der Waals surface area contributed by atoms with Gasteiger partial charge in [0.15, 0.2) is 11.4 Å². The van der Waals surface area contributed by atoms with E-state index < -0.39 is 57.6 Å². The summed E-state index contributed by atoms with van der Waals surface area (Å²) in [7, 11) is 0. The van der Waals surface area contributed by atoms with E-state index in [1.54, 1.807) is 13.8 Å². The average Bonchev–Trinajstić information content (AvgIpc) is 2.54. The first-order valence-corrected chi connectivity index (χ1v) is 9.35. The second kappa shape index (κ2) is 5.39. The van der Waals surface area contributed by atoms with Crippen LogP contribution >= 0.6 is 0 Å². The molecule has 6 heteroatoms. The number of hydrogen-bond donors (Lipinski definition) is 4. The summed E-state index contributed by atoms with van der Waals surface area (Å²) in [5.74, 6) is -1.17. The highest BCUT2D eigenvalue weighted by atomic mass is 16.6. The van der Waals surface area contributed by atoms with Gasteiger partial charge in [0, 0.05) is 17.8 Å². The zero-order valence-electron chi connectivity index (χ0n) is 16.3. The van der Waals surface area contributed by atoms with Crippen LogP contribution in [0.1, 0.15) is 53.9 Å². The lowest BCUT2D eigenvalue weighted by Crippen LogP contribution is -2.86. The normalized spacial score (nSPS) is 56.4. The molecule has 2 saturated carbocycles. The smallest absolute Gasteiger partial charge is 0.171 e. The maximum Gasteiger partial charge on any atom is 0.171 e. The summed E-state index contributed by atoms with van der Waals surface area (Å²) in [6, 6.07) is 0. The third kappa shape index (κ3) is 2.02. The summed E-state index contributed by atoms with van der Waals surface area (Å²) in [4.78, 5) is 13.3. The van der Waals surface area contributed by atoms with Gasteiger partial charge in [0.25, 0.3) is 0 Å². The Morgan fingerprint density at radius 2 is 1.73 bits per heavy atom. The third-order valence-corrected chi connectivity index (χ3v) is 7.76. The molecule has 0 radical (unpaired) electrons. The fourth-order valence-corrected chi connectivity index (χ4v) is 6.32. The zero-order valence-corrected chi connectivity index (χ0v) is 16.3. The largest absolute Gasteiger partial charge is 0.392 e. The van der Waals surface area contributed by atoms with Crippen LogP contribution in [0.5, 0.6) is 0 Å². The predicted octanol–water partition coefficient (Wildman–Crippen LogP) is 0.949. The molecule has 3 aliphatic rings. The van der Waals surface area contributed by atoms with Crippen molar-refractivity contribution >= 4 is 5.78 Å². The highest BCUT2D eigenvalue weighted by Crippen LogP contribution is 2.66. The number of hydrogen-bond acceptors (Lipinski definition) is 6. The van der Waals surface area contributed by atoms with Crippen LogP contribution in [0.15, 0.2) is 12.7 Å². The molecule has 6 nitrogen and oxygen atoms in total. The Hall–Kier alpha value is -0.790. The molecule has 0 aromatic rings. The first kappa shape index (κ1) is 20.0. The molecule has 0 aromatic carbocycles. The molecule has 1 aliphatic heterocycles. The van der Waals surface area contributed by atoms with E-state index in [4.69, 9.17) is 4.74 Å². The Morgan fingerprint density at radius 3 is 2.27 bits per heavy atom. The summed E-state index contributed by atoms with van der Waals surface area (Å²) < 4.78 is 6.09. The fraction of sp³-hybridized carbons (Fsp3) is 0.850. The molecule has 0 bridgehead atoms. The zero-order chi connectivity index (χ0) is 19.9. The van der Waals surface area contributed by atoms with Crippen LogP contribution in [0.25, 0.3) is 0 Å². The van der Waals surface area contributed by atoms with Gasteiger partial charge in [-0.1, -0.05) is 26.8 Å². The number of carbonyl (C=O) groups excluding carboxylic acids is 1. The number of carbonyl (C=O) groups is 1. The third-order valence-electron chi connectivity index (χ3n) is 7.76. The predicted molar refractivity (Wildman–Crippen MR) is 95.3 cm³/mol. The van der Waals surface area contributed by atoms with Crippen molar-refractivity contribution in [2.24, 2.45) is 16.7 Å². The number of aliphatic hydroxyl groups excluding tert-OH is 3. The van der Waals surface area contributed by atoms with E-state index in [1.165, 1.54) is 13.0 Å². The van der Waals surface area contributed by atoms with Crippen molar-refractivity contribution in [1.29, 1.82) is 0 Å². The van der Waals surface area contributed by atoms with Crippen molar-refractivity contribution < 1.29 is 30.0 Å². The number of aliphatic hydroxyl groups is 4. The van der Waals surface area contributed by atoms with Crippen molar-refractivity contribution in [2.75, 3.05) is 0 Å². The lowest BCUT2D eigenvalue weighted by Gasteiger charge is -2.71. The first-order chi connectivity index (χ1) is 11.7. The summed E-state index contributed by atoms with van der Waals surface area (Å²) in [6.07, 6.45) is -1.37. The van der Waals surface area contributed by atoms with Crippen LogP contribution in [0.3, 0.4) is 0 Å². The number of ketones is 1. The highest BCUT2D eigenvalue weighted by Gasteiger charge is 2.80. The van der Waals surface area contributed by atoms with Crippen molar-refractivity contribution in [1.82, 2.24) is 0 Å². The van der Waals surface area contributed by atoms with Gasteiger partial charge in [-0.2, -0.15) is 0 Å². The van der Waals surface area contributed by atoms with Crippen molar-refractivity contribution in [3.05, 3.63) is 12.7 Å². The minimum absolute atomic E-state index is 0.110. The van der Waals surface area contributed by atoms with Crippen LogP contribution in [0.2, 0.25) is 0 Å². The second-order valence-electron chi connectivity index (χ2n) is 9.78. The molecule has 4 N–H and O–H groups in total. The minimum atomic E-state index is -2.14. The standard InChI is InChI=1S/C20H32O6/c1-7-17(4)10-12(22)20(25)18(5)11(21)8-9-16(2,3)14(18)13(23)15(24)19(20,6)26-17/h7,11,13-15,21,23-25H,1,8-10H2,2-6H3/t11-,13-,14-,15-,17+,18-,19+,20-/m1/s1. The molecular weight excluding hydrogens is 336 g/mol. The maximum atomic E-state index is 13.3.